The Morgan fingerprint density at radius 3 is 1.73 bits per heavy atom. The van der Waals surface area contributed by atoms with Gasteiger partial charge in [0.05, 0.1) is 13.7 Å². The summed E-state index contributed by atoms with van der Waals surface area (Å²) in [5.74, 6) is -5.82. The molecule has 27 nitrogen and oxygen atoms in total. The first-order valence-corrected chi connectivity index (χ1v) is 23.9. The molecule has 3 fully saturated rings. The summed E-state index contributed by atoms with van der Waals surface area (Å²) in [5.41, 5.74) is -0.987. The summed E-state index contributed by atoms with van der Waals surface area (Å²) in [7, 11) is 1.32. The average molecular weight is 1110 g/mol. The van der Waals surface area contributed by atoms with Crippen LogP contribution >= 0.6 is 0 Å². The molecule has 0 amide bonds. The van der Waals surface area contributed by atoms with E-state index >= 15 is 0 Å². The third-order valence-corrected chi connectivity index (χ3v) is 12.8. The van der Waals surface area contributed by atoms with Crippen LogP contribution in [0.4, 0.5) is 0 Å². The van der Waals surface area contributed by atoms with Gasteiger partial charge < -0.3 is 119 Å². The monoisotopic (exact) mass is 1110 g/mol. The summed E-state index contributed by atoms with van der Waals surface area (Å²) >= 11 is 0. The molecule has 0 aliphatic carbocycles. The highest BCUT2D eigenvalue weighted by atomic mass is 16.8. The first-order chi connectivity index (χ1) is 37.6. The molecule has 5 aromatic rings. The van der Waals surface area contributed by atoms with E-state index in [-0.39, 0.29) is 34.1 Å². The van der Waals surface area contributed by atoms with Gasteiger partial charge in [-0.1, -0.05) is 12.1 Å². The van der Waals surface area contributed by atoms with Crippen molar-refractivity contribution >= 4 is 35.1 Å². The summed E-state index contributed by atoms with van der Waals surface area (Å²) in [5, 5.41) is 148. The minimum atomic E-state index is -2.22. The second-order valence-corrected chi connectivity index (χ2v) is 18.1. The van der Waals surface area contributed by atoms with Gasteiger partial charge in [0, 0.05) is 29.8 Å². The van der Waals surface area contributed by atoms with Crippen LogP contribution in [0, 0.1) is 0 Å². The number of ether oxygens (including phenoxy) is 9. The molecule has 0 radical (unpaired) electrons. The molecule has 3 aliphatic rings. The predicted octanol–water partition coefficient (Wildman–Crippen LogP) is -1.29. The molecule has 4 aromatic carbocycles. The maximum absolute atomic E-state index is 14.7. The van der Waals surface area contributed by atoms with Crippen molar-refractivity contribution in [1.82, 2.24) is 0 Å². The Balaban J connectivity index is 1.11. The lowest BCUT2D eigenvalue weighted by Crippen LogP contribution is -2.65. The zero-order chi connectivity index (χ0) is 57.0. The Hall–Kier alpha value is -7.61. The van der Waals surface area contributed by atoms with E-state index in [1.165, 1.54) is 67.8 Å². The summed E-state index contributed by atoms with van der Waals surface area (Å²) < 4.78 is 56.7. The summed E-state index contributed by atoms with van der Waals surface area (Å²) in [4.78, 5) is 40.5. The fraction of sp³-hybridized carbons (Fsp3) is 0.365. The molecular weight excluding hydrogens is 1060 g/mol. The Bertz CT molecular complexity index is 3080. The Labute approximate surface area is 444 Å². The van der Waals surface area contributed by atoms with E-state index < -0.39 is 169 Å². The number of hydrogen-bond donors (Lipinski definition) is 14. The number of phenolic OH excluding ortho intramolecular Hbond substituents is 5. The van der Waals surface area contributed by atoms with Gasteiger partial charge >= 0.3 is 11.9 Å². The largest absolute Gasteiger partial charge is 0.508 e. The Kier molecular flexibility index (Phi) is 17.9. The van der Waals surface area contributed by atoms with E-state index in [0.29, 0.717) is 5.56 Å². The second-order valence-electron chi connectivity index (χ2n) is 18.1. The van der Waals surface area contributed by atoms with Crippen LogP contribution in [0.1, 0.15) is 11.1 Å². The molecule has 15 atom stereocenters. The number of methoxy groups -OCH3 is 1. The molecule has 15 unspecified atom stereocenters. The lowest BCUT2D eigenvalue weighted by molar-refractivity contribution is -0.358. The number of aliphatic hydroxyl groups excluding tert-OH is 9. The van der Waals surface area contributed by atoms with Gasteiger partial charge in [0.25, 0.3) is 0 Å². The van der Waals surface area contributed by atoms with Crippen LogP contribution in [0.3, 0.4) is 0 Å². The minimum Gasteiger partial charge on any atom is -0.508 e. The minimum absolute atomic E-state index is 0.0159. The van der Waals surface area contributed by atoms with E-state index in [1.54, 1.807) is 0 Å². The topological polar surface area (TPSA) is 431 Å². The molecule has 0 saturated carbocycles. The zero-order valence-corrected chi connectivity index (χ0v) is 41.1. The molecule has 0 bridgehead atoms. The van der Waals surface area contributed by atoms with Gasteiger partial charge in [-0.2, -0.15) is 0 Å². The molecular formula is C52H54O27. The van der Waals surface area contributed by atoms with Gasteiger partial charge in [-0.3, -0.25) is 4.79 Å². The standard InChI is InChI=1S/C52H54O27/c1-70-30-15-22(3-11-27(30)56)5-13-36(60)71-19-33-39(62)43(66)46(69)51(76-33)79-49-44(67)40(63)34(20-72-35(59)12-4-21-2-10-26(55)28(57)14-21)77-52(49)78-48-41(64)37-29(58)16-25(73-50-45(68)42(65)38(61)32(18-53)75-50)17-31(37)74-47(48)23-6-8-24(54)9-7-23/h2-17,32-34,38-40,42-46,49-58,61-63,65-69H,18-20H2,1H3. The van der Waals surface area contributed by atoms with Crippen LogP contribution < -0.4 is 19.6 Å². The number of esters is 2. The molecule has 79 heavy (non-hydrogen) atoms. The Morgan fingerprint density at radius 1 is 0.570 bits per heavy atom. The number of hydrogen-bond acceptors (Lipinski definition) is 27. The SMILES string of the molecule is COc1cc(C=CC(=O)OCC2OC(OC3C(Oc4c(-c5ccc(O)cc5)oc5cc(OC6OC(CO)C(O)C(O)C6O)cc(O)c5c4=O)OC(COC(=O)C=Cc4ccc(O)c(O)c4)C(O)C3O)C(O)C(O)C2O)ccc1O. The fourth-order valence-electron chi connectivity index (χ4n) is 8.45. The zero-order valence-electron chi connectivity index (χ0n) is 41.1. The number of carbonyl (C=O) groups is 2. The molecule has 4 heterocycles. The number of aliphatic hydroxyl groups is 9. The normalized spacial score (nSPS) is 29.1. The van der Waals surface area contributed by atoms with Crippen molar-refractivity contribution < 1.29 is 128 Å². The molecule has 0 spiro atoms. The van der Waals surface area contributed by atoms with Crippen LogP contribution in [0.5, 0.6) is 46.0 Å². The van der Waals surface area contributed by atoms with E-state index in [9.17, 15) is 85.9 Å². The van der Waals surface area contributed by atoms with Crippen molar-refractivity contribution in [2.24, 2.45) is 0 Å². The third kappa shape index (κ3) is 12.8. The van der Waals surface area contributed by atoms with Gasteiger partial charge in [0.2, 0.25) is 23.8 Å². The van der Waals surface area contributed by atoms with Crippen molar-refractivity contribution in [3.63, 3.8) is 0 Å². The molecule has 14 N–H and O–H groups in total. The van der Waals surface area contributed by atoms with E-state index in [1.807, 2.05) is 0 Å². The smallest absolute Gasteiger partial charge is 0.330 e. The maximum atomic E-state index is 14.7. The van der Waals surface area contributed by atoms with Crippen LogP contribution in [0.15, 0.2) is 94.2 Å². The average Bonchev–Trinajstić information content (AvgIpc) is 3.43. The predicted molar refractivity (Wildman–Crippen MR) is 263 cm³/mol. The highest BCUT2D eigenvalue weighted by molar-refractivity contribution is 5.89. The number of fused-ring (bicyclic) bond motifs is 1. The van der Waals surface area contributed by atoms with Crippen LogP contribution in [-0.4, -0.2) is 202 Å². The van der Waals surface area contributed by atoms with Crippen molar-refractivity contribution in [2.45, 2.75) is 92.1 Å². The lowest BCUT2D eigenvalue weighted by Gasteiger charge is -2.46. The number of carbonyl (C=O) groups excluding carboxylic acids is 2. The van der Waals surface area contributed by atoms with Crippen LogP contribution in [0.25, 0.3) is 34.4 Å². The number of aromatic hydroxyl groups is 5. The van der Waals surface area contributed by atoms with E-state index in [0.717, 1.165) is 36.4 Å². The maximum Gasteiger partial charge on any atom is 0.330 e. The van der Waals surface area contributed by atoms with Gasteiger partial charge in [-0.25, -0.2) is 9.59 Å². The summed E-state index contributed by atoms with van der Waals surface area (Å²) in [6.07, 6.45) is -24.6. The number of benzene rings is 4. The fourth-order valence-corrected chi connectivity index (χ4v) is 8.45. The highest BCUT2D eigenvalue weighted by Crippen LogP contribution is 2.40. The Morgan fingerprint density at radius 2 is 1.13 bits per heavy atom. The summed E-state index contributed by atoms with van der Waals surface area (Å²) in [6, 6.07) is 14.7. The van der Waals surface area contributed by atoms with E-state index in [2.05, 4.69) is 0 Å². The summed E-state index contributed by atoms with van der Waals surface area (Å²) in [6.45, 7) is -2.45. The van der Waals surface area contributed by atoms with Crippen molar-refractivity contribution in [3.8, 4) is 57.3 Å². The molecule has 424 valence electrons. The van der Waals surface area contributed by atoms with Crippen molar-refractivity contribution in [2.75, 3.05) is 26.9 Å². The van der Waals surface area contributed by atoms with Crippen molar-refractivity contribution in [1.29, 1.82) is 0 Å². The van der Waals surface area contributed by atoms with Gasteiger partial charge in [0.1, 0.15) is 109 Å². The molecule has 8 rings (SSSR count). The number of rotatable bonds is 17. The molecule has 1 aromatic heterocycles. The second kappa shape index (κ2) is 24.6. The molecule has 27 heteroatoms. The van der Waals surface area contributed by atoms with Crippen LogP contribution in [0.2, 0.25) is 0 Å². The first kappa shape index (κ1) is 57.6. The van der Waals surface area contributed by atoms with Crippen molar-refractivity contribution in [3.05, 3.63) is 106 Å². The first-order valence-electron chi connectivity index (χ1n) is 23.9. The lowest BCUT2D eigenvalue weighted by atomic mass is 9.97. The van der Waals surface area contributed by atoms with Gasteiger partial charge in [0.15, 0.2) is 41.2 Å². The van der Waals surface area contributed by atoms with Gasteiger partial charge in [-0.15, -0.1) is 0 Å². The number of phenols is 5. The quantitative estimate of drug-likeness (QED) is 0.0292. The van der Waals surface area contributed by atoms with Crippen LogP contribution in [-0.2, 0) is 38.0 Å². The third-order valence-electron chi connectivity index (χ3n) is 12.8. The molecule has 3 aliphatic heterocycles. The van der Waals surface area contributed by atoms with Gasteiger partial charge in [-0.05, 0) is 71.8 Å². The van der Waals surface area contributed by atoms with E-state index in [4.69, 9.17) is 47.0 Å². The molecule has 3 saturated heterocycles. The highest BCUT2D eigenvalue weighted by Gasteiger charge is 2.53.